The van der Waals surface area contributed by atoms with Crippen LogP contribution in [0.3, 0.4) is 0 Å². The molecule has 0 aliphatic heterocycles. The van der Waals surface area contributed by atoms with E-state index in [1.165, 1.54) is 61.2 Å². The summed E-state index contributed by atoms with van der Waals surface area (Å²) in [4.78, 5) is 41.3. The molecule has 14 nitrogen and oxygen atoms in total. The molecule has 0 saturated carbocycles. The fourth-order valence-corrected chi connectivity index (χ4v) is 5.73. The SMILES string of the molecule is CC.COC(=O)C(Nc1cc(C)nc2ncnn12)c1ccc(C(C)(C)C)cc1.COC(=O)C(Nc1cc(C)nc2ncnn12)c1ccc(SC(F)(F)F)cc1. The number of thioether (sulfide) groups is 1. The number of methoxy groups -OCH3 is 2. The minimum atomic E-state index is -4.38. The van der Waals surface area contributed by atoms with Gasteiger partial charge in [-0.3, -0.25) is 0 Å². The maximum atomic E-state index is 12.5. The molecule has 55 heavy (non-hydrogen) atoms. The van der Waals surface area contributed by atoms with Gasteiger partial charge >= 0.3 is 17.4 Å². The van der Waals surface area contributed by atoms with E-state index < -0.39 is 23.6 Å². The topological polar surface area (TPSA) is 163 Å². The van der Waals surface area contributed by atoms with Gasteiger partial charge in [-0.05, 0) is 59.8 Å². The molecule has 6 rings (SSSR count). The first-order valence-electron chi connectivity index (χ1n) is 17.1. The van der Waals surface area contributed by atoms with Crippen molar-refractivity contribution in [2.75, 3.05) is 24.9 Å². The van der Waals surface area contributed by atoms with Crippen molar-refractivity contribution in [3.8, 4) is 0 Å². The van der Waals surface area contributed by atoms with Gasteiger partial charge in [-0.2, -0.15) is 42.4 Å². The van der Waals surface area contributed by atoms with Crippen LogP contribution in [0.25, 0.3) is 11.6 Å². The molecule has 2 aromatic carbocycles. The van der Waals surface area contributed by atoms with E-state index in [2.05, 4.69) is 61.5 Å². The lowest BCUT2D eigenvalue weighted by molar-refractivity contribution is -0.142. The first kappa shape index (κ1) is 42.0. The molecule has 0 fully saturated rings. The molecule has 0 radical (unpaired) electrons. The number of benzene rings is 2. The molecule has 0 saturated heterocycles. The second-order valence-corrected chi connectivity index (χ2v) is 13.8. The van der Waals surface area contributed by atoms with Gasteiger partial charge in [-0.1, -0.05) is 71.0 Å². The highest BCUT2D eigenvalue weighted by Gasteiger charge is 2.30. The number of anilines is 2. The number of nitrogens with one attached hydrogen (secondary N) is 2. The summed E-state index contributed by atoms with van der Waals surface area (Å²) in [5, 5.41) is 14.4. The standard InChI is InChI=1S/C19H23N5O2.C16H14F3N5O2S.C2H6/c1-12-10-15(24-18(22-12)20-11-21-24)23-16(17(25)26-5)13-6-8-14(9-7-13)19(2,3)4;1-9-7-12(24-15(22-9)20-8-21-24)23-13(14(25)26-2)10-3-5-11(6-4-10)27-16(17,18)19;1-2/h6-11,16,23H,1-5H3;3-8,13,23H,1-2H3;1-2H3. The Kier molecular flexibility index (Phi) is 13.8. The Morgan fingerprint density at radius 1 is 0.709 bits per heavy atom. The first-order chi connectivity index (χ1) is 26.1. The highest BCUT2D eigenvalue weighted by atomic mass is 32.2. The van der Waals surface area contributed by atoms with Crippen molar-refractivity contribution >= 4 is 46.9 Å². The van der Waals surface area contributed by atoms with Crippen LogP contribution >= 0.6 is 11.8 Å². The van der Waals surface area contributed by atoms with Gasteiger partial charge in [0.25, 0.3) is 11.6 Å². The summed E-state index contributed by atoms with van der Waals surface area (Å²) in [6.07, 6.45) is 2.75. The quantitative estimate of drug-likeness (QED) is 0.110. The second kappa shape index (κ2) is 18.0. The average molecular weight is 781 g/mol. The van der Waals surface area contributed by atoms with Crippen LogP contribution in [0, 0.1) is 13.8 Å². The first-order valence-corrected chi connectivity index (χ1v) is 17.9. The number of rotatable bonds is 9. The van der Waals surface area contributed by atoms with Gasteiger partial charge in [0.2, 0.25) is 0 Å². The Morgan fingerprint density at radius 2 is 1.11 bits per heavy atom. The Hall–Kier alpha value is -5.78. The number of aromatic nitrogens is 8. The van der Waals surface area contributed by atoms with Crippen LogP contribution in [0.2, 0.25) is 0 Å². The molecule has 0 aliphatic carbocycles. The largest absolute Gasteiger partial charge is 0.467 e. The Bertz CT molecular complexity index is 2200. The van der Waals surface area contributed by atoms with Crippen molar-refractivity contribution in [3.63, 3.8) is 0 Å². The van der Waals surface area contributed by atoms with E-state index in [1.807, 2.05) is 51.1 Å². The van der Waals surface area contributed by atoms with E-state index in [4.69, 9.17) is 9.47 Å². The Balaban J connectivity index is 0.000000234. The molecule has 4 aromatic heterocycles. The van der Waals surface area contributed by atoms with Crippen molar-refractivity contribution in [1.29, 1.82) is 0 Å². The van der Waals surface area contributed by atoms with Gasteiger partial charge in [-0.15, -0.1) is 0 Å². The van der Waals surface area contributed by atoms with Gasteiger partial charge < -0.3 is 20.1 Å². The third kappa shape index (κ3) is 10.9. The molecule has 6 aromatic rings. The monoisotopic (exact) mass is 780 g/mol. The molecule has 2 atom stereocenters. The summed E-state index contributed by atoms with van der Waals surface area (Å²) in [7, 11) is 2.61. The summed E-state index contributed by atoms with van der Waals surface area (Å²) < 4.78 is 50.2. The number of aryl methyl sites for hydroxylation is 2. The number of fused-ring (bicyclic) bond motifs is 2. The normalized spacial score (nSPS) is 12.4. The molecule has 0 bridgehead atoms. The van der Waals surface area contributed by atoms with Crippen LogP contribution in [-0.4, -0.2) is 70.8 Å². The fraction of sp³-hybridized carbons (Fsp3) is 0.351. The molecular weight excluding hydrogens is 738 g/mol. The van der Waals surface area contributed by atoms with Crippen molar-refractivity contribution in [3.05, 3.63) is 101 Å². The Labute approximate surface area is 320 Å². The highest BCUT2D eigenvalue weighted by molar-refractivity contribution is 8.00. The molecule has 2 N–H and O–H groups in total. The van der Waals surface area contributed by atoms with E-state index >= 15 is 0 Å². The number of esters is 2. The third-order valence-electron chi connectivity index (χ3n) is 7.78. The van der Waals surface area contributed by atoms with E-state index in [9.17, 15) is 22.8 Å². The van der Waals surface area contributed by atoms with E-state index in [-0.39, 0.29) is 28.0 Å². The predicted molar refractivity (Wildman–Crippen MR) is 203 cm³/mol. The summed E-state index contributed by atoms with van der Waals surface area (Å²) in [5.74, 6) is 0.905. The molecule has 292 valence electrons. The van der Waals surface area contributed by atoms with Crippen LogP contribution < -0.4 is 10.6 Å². The number of nitrogens with zero attached hydrogens (tertiary/aromatic N) is 8. The lowest BCUT2D eigenvalue weighted by Gasteiger charge is -2.22. The number of ether oxygens (including phenoxy) is 2. The van der Waals surface area contributed by atoms with Crippen LogP contribution in [-0.2, 0) is 24.5 Å². The van der Waals surface area contributed by atoms with Gasteiger partial charge in [0.15, 0.2) is 12.1 Å². The number of hydrogen-bond donors (Lipinski definition) is 2. The van der Waals surface area contributed by atoms with Gasteiger partial charge in [0.05, 0.1) is 14.2 Å². The smallest absolute Gasteiger partial charge is 0.446 e. The Morgan fingerprint density at radius 3 is 1.47 bits per heavy atom. The maximum Gasteiger partial charge on any atom is 0.446 e. The van der Waals surface area contributed by atoms with Crippen molar-refractivity contribution in [2.24, 2.45) is 0 Å². The van der Waals surface area contributed by atoms with Crippen LogP contribution in [0.5, 0.6) is 0 Å². The van der Waals surface area contributed by atoms with E-state index in [0.717, 1.165) is 11.3 Å². The predicted octanol–water partition coefficient (Wildman–Crippen LogP) is 7.45. The van der Waals surface area contributed by atoms with Gasteiger partial charge in [0, 0.05) is 28.4 Å². The van der Waals surface area contributed by atoms with Crippen LogP contribution in [0.4, 0.5) is 24.8 Å². The molecule has 18 heteroatoms. The molecule has 2 unspecified atom stereocenters. The van der Waals surface area contributed by atoms with Gasteiger partial charge in [0.1, 0.15) is 24.3 Å². The van der Waals surface area contributed by atoms with Crippen molar-refractivity contribution in [2.45, 2.75) is 76.4 Å². The lowest BCUT2D eigenvalue weighted by Crippen LogP contribution is -2.24. The third-order valence-corrected chi connectivity index (χ3v) is 8.51. The summed E-state index contributed by atoms with van der Waals surface area (Å²) in [6, 6.07) is 15.3. The zero-order valence-corrected chi connectivity index (χ0v) is 32.7. The van der Waals surface area contributed by atoms with Crippen molar-refractivity contribution < 1.29 is 32.2 Å². The zero-order valence-electron chi connectivity index (χ0n) is 31.8. The fourth-order valence-electron chi connectivity index (χ4n) is 5.19. The summed E-state index contributed by atoms with van der Waals surface area (Å²) in [6.45, 7) is 14.1. The average Bonchev–Trinajstić information content (AvgIpc) is 3.83. The molecule has 0 amide bonds. The van der Waals surface area contributed by atoms with Crippen molar-refractivity contribution in [1.82, 2.24) is 39.2 Å². The summed E-state index contributed by atoms with van der Waals surface area (Å²) in [5.41, 5.74) is -0.457. The number of halogens is 3. The maximum absolute atomic E-state index is 12.5. The minimum absolute atomic E-state index is 0.0216. The number of hydrogen-bond acceptors (Lipinski definition) is 13. The number of alkyl halides is 3. The molecular formula is C37H43F3N10O4S. The molecule has 0 aliphatic rings. The minimum Gasteiger partial charge on any atom is -0.467 e. The van der Waals surface area contributed by atoms with Crippen LogP contribution in [0.15, 0.2) is 78.2 Å². The van der Waals surface area contributed by atoms with Crippen LogP contribution in [0.1, 0.15) is 74.8 Å². The zero-order chi connectivity index (χ0) is 40.5. The van der Waals surface area contributed by atoms with E-state index in [0.29, 0.717) is 34.4 Å². The number of carbonyl (C=O) groups is 2. The van der Waals surface area contributed by atoms with Gasteiger partial charge in [-0.25, -0.2) is 19.6 Å². The van der Waals surface area contributed by atoms with E-state index in [1.54, 1.807) is 17.5 Å². The summed E-state index contributed by atoms with van der Waals surface area (Å²) >= 11 is -0.223. The second-order valence-electron chi connectivity index (χ2n) is 12.7. The lowest BCUT2D eigenvalue weighted by atomic mass is 9.86. The molecule has 0 spiro atoms. The molecule has 4 heterocycles. The highest BCUT2D eigenvalue weighted by Crippen LogP contribution is 2.37. The number of carbonyl (C=O) groups excluding carboxylic acids is 2.